The Morgan fingerprint density at radius 2 is 1.85 bits per heavy atom. The van der Waals surface area contributed by atoms with Gasteiger partial charge in [-0.05, 0) is 29.8 Å². The molecule has 1 fully saturated rings. The third-order valence-corrected chi connectivity index (χ3v) is 4.27. The zero-order chi connectivity index (χ0) is 18.4. The van der Waals surface area contributed by atoms with Crippen molar-refractivity contribution in [3.05, 3.63) is 47.7 Å². The average molecular weight is 355 g/mol. The Bertz CT molecular complexity index is 740. The van der Waals surface area contributed by atoms with Crippen LogP contribution in [0.1, 0.15) is 16.1 Å². The number of hydrogen-bond donors (Lipinski definition) is 1. The van der Waals surface area contributed by atoms with Gasteiger partial charge in [-0.15, -0.1) is 10.2 Å². The van der Waals surface area contributed by atoms with Crippen molar-refractivity contribution in [2.75, 3.05) is 38.6 Å². The molecular formula is C18H21N5O3. The molecule has 0 spiro atoms. The van der Waals surface area contributed by atoms with Crippen LogP contribution < -0.4 is 10.1 Å². The highest BCUT2D eigenvalue weighted by atomic mass is 16.5. The molecule has 1 aromatic heterocycles. The molecule has 1 N–H and O–H groups in total. The van der Waals surface area contributed by atoms with Gasteiger partial charge in [0.2, 0.25) is 6.41 Å². The number of nitrogens with one attached hydrogen (secondary N) is 1. The van der Waals surface area contributed by atoms with Crippen molar-refractivity contribution in [1.82, 2.24) is 20.0 Å². The molecule has 1 aliphatic heterocycles. The number of ether oxygens (including phenoxy) is 1. The quantitative estimate of drug-likeness (QED) is 0.778. The molecule has 2 aromatic rings. The Hall–Kier alpha value is -3.16. The number of nitrogens with zero attached hydrogens (tertiary/aromatic N) is 4. The van der Waals surface area contributed by atoms with E-state index in [4.69, 9.17) is 4.74 Å². The molecule has 1 saturated heterocycles. The van der Waals surface area contributed by atoms with Crippen LogP contribution in [0.4, 0.5) is 5.82 Å². The van der Waals surface area contributed by atoms with E-state index in [0.29, 0.717) is 44.2 Å². The van der Waals surface area contributed by atoms with Gasteiger partial charge in [0, 0.05) is 32.7 Å². The van der Waals surface area contributed by atoms with Gasteiger partial charge in [0.15, 0.2) is 5.69 Å². The van der Waals surface area contributed by atoms with Gasteiger partial charge in [-0.25, -0.2) is 0 Å². The summed E-state index contributed by atoms with van der Waals surface area (Å²) in [5.74, 6) is 1.25. The number of amides is 2. The first-order valence-electron chi connectivity index (χ1n) is 8.39. The van der Waals surface area contributed by atoms with Crippen LogP contribution in [-0.2, 0) is 11.3 Å². The molecule has 1 aromatic carbocycles. The average Bonchev–Trinajstić information content (AvgIpc) is 2.72. The Balaban J connectivity index is 1.54. The highest BCUT2D eigenvalue weighted by Gasteiger charge is 2.22. The fourth-order valence-corrected chi connectivity index (χ4v) is 2.67. The molecule has 136 valence electrons. The third kappa shape index (κ3) is 4.27. The van der Waals surface area contributed by atoms with Crippen molar-refractivity contribution >= 4 is 18.1 Å². The number of benzene rings is 1. The van der Waals surface area contributed by atoms with Gasteiger partial charge in [-0.3, -0.25) is 9.59 Å². The SMILES string of the molecule is COc1ccc(CNc2ccc(C(=O)N3CCN(C=O)CC3)nn2)cc1. The monoisotopic (exact) mass is 355 g/mol. The number of hydrogen-bond acceptors (Lipinski definition) is 6. The number of carbonyl (C=O) groups excluding carboxylic acids is 2. The summed E-state index contributed by atoms with van der Waals surface area (Å²) in [7, 11) is 1.63. The minimum Gasteiger partial charge on any atom is -0.497 e. The van der Waals surface area contributed by atoms with E-state index < -0.39 is 0 Å². The Labute approximate surface area is 151 Å². The second-order valence-corrected chi connectivity index (χ2v) is 5.94. The van der Waals surface area contributed by atoms with Crippen molar-refractivity contribution in [2.24, 2.45) is 0 Å². The third-order valence-electron chi connectivity index (χ3n) is 4.27. The largest absolute Gasteiger partial charge is 0.497 e. The van der Waals surface area contributed by atoms with Gasteiger partial charge >= 0.3 is 0 Å². The number of aromatic nitrogens is 2. The minimum atomic E-state index is -0.162. The predicted molar refractivity (Wildman–Crippen MR) is 95.9 cm³/mol. The lowest BCUT2D eigenvalue weighted by Crippen LogP contribution is -2.48. The highest BCUT2D eigenvalue weighted by Crippen LogP contribution is 2.13. The van der Waals surface area contributed by atoms with Crippen LogP contribution in [-0.4, -0.2) is 65.6 Å². The molecule has 0 bridgehead atoms. The van der Waals surface area contributed by atoms with E-state index in [2.05, 4.69) is 15.5 Å². The van der Waals surface area contributed by atoms with E-state index in [1.807, 2.05) is 24.3 Å². The van der Waals surface area contributed by atoms with E-state index in [-0.39, 0.29) is 5.91 Å². The minimum absolute atomic E-state index is 0.162. The number of piperazine rings is 1. The molecule has 0 unspecified atom stereocenters. The first kappa shape index (κ1) is 17.7. The van der Waals surface area contributed by atoms with Crippen molar-refractivity contribution in [2.45, 2.75) is 6.54 Å². The van der Waals surface area contributed by atoms with E-state index in [9.17, 15) is 9.59 Å². The van der Waals surface area contributed by atoms with Crippen LogP contribution in [0.15, 0.2) is 36.4 Å². The molecule has 2 amide bonds. The molecule has 8 heteroatoms. The zero-order valence-electron chi connectivity index (χ0n) is 14.6. The number of carbonyl (C=O) groups is 2. The molecule has 3 rings (SSSR count). The molecule has 2 heterocycles. The molecule has 0 radical (unpaired) electrons. The molecule has 0 atom stereocenters. The van der Waals surface area contributed by atoms with Crippen LogP contribution in [0, 0.1) is 0 Å². The Morgan fingerprint density at radius 1 is 1.12 bits per heavy atom. The van der Waals surface area contributed by atoms with Crippen molar-refractivity contribution in [3.8, 4) is 5.75 Å². The van der Waals surface area contributed by atoms with Gasteiger partial charge in [0.25, 0.3) is 5.91 Å². The van der Waals surface area contributed by atoms with E-state index >= 15 is 0 Å². The maximum absolute atomic E-state index is 12.4. The van der Waals surface area contributed by atoms with Gasteiger partial charge < -0.3 is 19.9 Å². The number of rotatable bonds is 6. The van der Waals surface area contributed by atoms with Gasteiger partial charge in [-0.2, -0.15) is 0 Å². The normalized spacial score (nSPS) is 14.0. The van der Waals surface area contributed by atoms with Gasteiger partial charge in [0.05, 0.1) is 7.11 Å². The first-order valence-corrected chi connectivity index (χ1v) is 8.39. The summed E-state index contributed by atoms with van der Waals surface area (Å²) < 4.78 is 5.13. The summed E-state index contributed by atoms with van der Waals surface area (Å²) >= 11 is 0. The lowest BCUT2D eigenvalue weighted by Gasteiger charge is -2.32. The lowest BCUT2D eigenvalue weighted by molar-refractivity contribution is -0.119. The van der Waals surface area contributed by atoms with E-state index in [0.717, 1.165) is 17.7 Å². The van der Waals surface area contributed by atoms with Crippen LogP contribution in [0.5, 0.6) is 5.75 Å². The molecule has 0 saturated carbocycles. The smallest absolute Gasteiger partial charge is 0.274 e. The van der Waals surface area contributed by atoms with Crippen molar-refractivity contribution < 1.29 is 14.3 Å². The molecule has 0 aliphatic carbocycles. The highest BCUT2D eigenvalue weighted by molar-refractivity contribution is 5.92. The van der Waals surface area contributed by atoms with Crippen molar-refractivity contribution in [1.29, 1.82) is 0 Å². The Morgan fingerprint density at radius 3 is 2.42 bits per heavy atom. The standard InChI is InChI=1S/C18H21N5O3/c1-26-15-4-2-14(3-5-15)12-19-17-7-6-16(20-21-17)18(25)23-10-8-22(13-24)9-11-23/h2-7,13H,8-12H2,1H3,(H,19,21). The van der Waals surface area contributed by atoms with Crippen molar-refractivity contribution in [3.63, 3.8) is 0 Å². The summed E-state index contributed by atoms with van der Waals surface area (Å²) in [6, 6.07) is 11.1. The maximum Gasteiger partial charge on any atom is 0.274 e. The topological polar surface area (TPSA) is 87.7 Å². The van der Waals surface area contributed by atoms with Crippen LogP contribution >= 0.6 is 0 Å². The van der Waals surface area contributed by atoms with Crippen LogP contribution in [0.2, 0.25) is 0 Å². The summed E-state index contributed by atoms with van der Waals surface area (Å²) in [4.78, 5) is 26.5. The second kappa shape index (κ2) is 8.28. The number of anilines is 1. The maximum atomic E-state index is 12.4. The van der Waals surface area contributed by atoms with E-state index in [1.165, 1.54) is 0 Å². The molecule has 1 aliphatic rings. The summed E-state index contributed by atoms with van der Waals surface area (Å²) in [6.45, 7) is 2.71. The van der Waals surface area contributed by atoms with Crippen LogP contribution in [0.3, 0.4) is 0 Å². The lowest BCUT2D eigenvalue weighted by atomic mass is 10.2. The molecule has 26 heavy (non-hydrogen) atoms. The van der Waals surface area contributed by atoms with Crippen LogP contribution in [0.25, 0.3) is 0 Å². The van der Waals surface area contributed by atoms with Gasteiger partial charge in [0.1, 0.15) is 11.6 Å². The fraction of sp³-hybridized carbons (Fsp3) is 0.333. The molecular weight excluding hydrogens is 334 g/mol. The first-order chi connectivity index (χ1) is 12.7. The Kier molecular flexibility index (Phi) is 5.62. The predicted octanol–water partition coefficient (Wildman–Crippen LogP) is 1.01. The summed E-state index contributed by atoms with van der Waals surface area (Å²) in [5.41, 5.74) is 1.39. The van der Waals surface area contributed by atoms with E-state index in [1.54, 1.807) is 29.0 Å². The van der Waals surface area contributed by atoms with Gasteiger partial charge in [-0.1, -0.05) is 12.1 Å². The zero-order valence-corrected chi connectivity index (χ0v) is 14.6. The second-order valence-electron chi connectivity index (χ2n) is 5.94. The fourth-order valence-electron chi connectivity index (χ4n) is 2.67. The summed E-state index contributed by atoms with van der Waals surface area (Å²) in [5, 5.41) is 11.3. The number of methoxy groups -OCH3 is 1. The summed E-state index contributed by atoms with van der Waals surface area (Å²) in [6.07, 6.45) is 0.810. The molecule has 8 nitrogen and oxygen atoms in total.